The van der Waals surface area contributed by atoms with E-state index in [4.69, 9.17) is 0 Å². The summed E-state index contributed by atoms with van der Waals surface area (Å²) >= 11 is 1.44. The van der Waals surface area contributed by atoms with Crippen molar-refractivity contribution >= 4 is 27.9 Å². The predicted molar refractivity (Wildman–Crippen MR) is 78.4 cm³/mol. The lowest BCUT2D eigenvalue weighted by Gasteiger charge is -2.04. The maximum absolute atomic E-state index is 12.2. The van der Waals surface area contributed by atoms with Crippen molar-refractivity contribution < 1.29 is 9.00 Å². The van der Waals surface area contributed by atoms with Crippen molar-refractivity contribution in [2.75, 3.05) is 5.75 Å². The first-order valence-electron chi connectivity index (χ1n) is 6.31. The number of carbonyl (C=O) groups excluding carboxylic acids is 1. The van der Waals surface area contributed by atoms with Crippen molar-refractivity contribution in [3.05, 3.63) is 52.4 Å². The number of hydrogen-bond acceptors (Lipinski definition) is 3. The summed E-state index contributed by atoms with van der Waals surface area (Å²) in [6, 6.07) is 9.58. The van der Waals surface area contributed by atoms with Crippen molar-refractivity contribution in [3.63, 3.8) is 0 Å². The average molecular weight is 290 g/mol. The molecular formula is C15H14O2S2. The second-order valence-corrected chi connectivity index (χ2v) is 7.31. The number of fused-ring (bicyclic) bond motifs is 1. The van der Waals surface area contributed by atoms with E-state index < -0.39 is 10.8 Å². The summed E-state index contributed by atoms with van der Waals surface area (Å²) in [6.45, 7) is 0. The SMILES string of the molecule is O=C(CS(=O)c1cccs1)c1ccc2c(c1)CCC2. The Bertz CT molecular complexity index is 630. The molecule has 0 aliphatic heterocycles. The number of carbonyl (C=O) groups is 1. The monoisotopic (exact) mass is 290 g/mol. The van der Waals surface area contributed by atoms with Crippen LogP contribution in [-0.2, 0) is 23.6 Å². The molecule has 1 atom stereocenters. The van der Waals surface area contributed by atoms with E-state index in [0.717, 1.165) is 17.1 Å². The second-order valence-electron chi connectivity index (χ2n) is 4.68. The van der Waals surface area contributed by atoms with Gasteiger partial charge in [-0.05, 0) is 47.9 Å². The van der Waals surface area contributed by atoms with E-state index in [9.17, 15) is 9.00 Å². The lowest BCUT2D eigenvalue weighted by Crippen LogP contribution is -2.10. The molecule has 0 radical (unpaired) electrons. The molecule has 0 saturated heterocycles. The van der Waals surface area contributed by atoms with Gasteiger partial charge < -0.3 is 0 Å². The number of rotatable bonds is 4. The molecule has 1 unspecified atom stereocenters. The first kappa shape index (κ1) is 12.8. The van der Waals surface area contributed by atoms with E-state index in [0.29, 0.717) is 5.56 Å². The Morgan fingerprint density at radius 2 is 2.05 bits per heavy atom. The Morgan fingerprint density at radius 1 is 1.21 bits per heavy atom. The normalized spacial score (nSPS) is 15.2. The number of benzene rings is 1. The summed E-state index contributed by atoms with van der Waals surface area (Å²) < 4.78 is 12.8. The Balaban J connectivity index is 1.76. The van der Waals surface area contributed by atoms with Gasteiger partial charge in [-0.3, -0.25) is 9.00 Å². The van der Waals surface area contributed by atoms with Crippen LogP contribution in [0.4, 0.5) is 0 Å². The van der Waals surface area contributed by atoms with Gasteiger partial charge in [-0.25, -0.2) is 0 Å². The first-order chi connectivity index (χ1) is 9.24. The van der Waals surface area contributed by atoms with Gasteiger partial charge in [-0.2, -0.15) is 0 Å². The summed E-state index contributed by atoms with van der Waals surface area (Å²) in [5.74, 6) is 0.0562. The minimum Gasteiger partial charge on any atom is -0.293 e. The molecule has 0 fully saturated rings. The molecule has 1 aromatic carbocycles. The van der Waals surface area contributed by atoms with Crippen molar-refractivity contribution in [1.82, 2.24) is 0 Å². The molecule has 0 N–H and O–H groups in total. The van der Waals surface area contributed by atoms with Crippen LogP contribution < -0.4 is 0 Å². The standard InChI is InChI=1S/C15H14O2S2/c16-14(10-19(17)15-5-2-8-18-15)13-7-6-11-3-1-4-12(11)9-13/h2,5-9H,1,3-4,10H2. The number of aryl methyl sites for hydroxylation is 2. The Morgan fingerprint density at radius 3 is 2.84 bits per heavy atom. The molecule has 2 nitrogen and oxygen atoms in total. The largest absolute Gasteiger partial charge is 0.293 e. The van der Waals surface area contributed by atoms with Crippen molar-refractivity contribution in [1.29, 1.82) is 0 Å². The van der Waals surface area contributed by atoms with Crippen molar-refractivity contribution in [2.24, 2.45) is 0 Å². The maximum Gasteiger partial charge on any atom is 0.175 e. The molecule has 1 aliphatic rings. The molecule has 1 heterocycles. The quantitative estimate of drug-likeness (QED) is 0.810. The maximum atomic E-state index is 12.2. The molecule has 98 valence electrons. The Kier molecular flexibility index (Phi) is 3.62. The zero-order chi connectivity index (χ0) is 13.2. The van der Waals surface area contributed by atoms with Crippen LogP contribution in [0.25, 0.3) is 0 Å². The van der Waals surface area contributed by atoms with Crippen LogP contribution >= 0.6 is 11.3 Å². The van der Waals surface area contributed by atoms with Gasteiger partial charge in [0.1, 0.15) is 0 Å². The third kappa shape index (κ3) is 2.69. The highest BCUT2D eigenvalue weighted by Gasteiger charge is 2.16. The van der Waals surface area contributed by atoms with Gasteiger partial charge in [-0.15, -0.1) is 11.3 Å². The second kappa shape index (κ2) is 5.39. The van der Waals surface area contributed by atoms with Crippen LogP contribution in [-0.4, -0.2) is 15.7 Å². The number of Topliss-reactive ketones (excluding diaryl/α,β-unsaturated/α-hetero) is 1. The molecule has 0 saturated carbocycles. The van der Waals surface area contributed by atoms with Gasteiger partial charge in [0, 0.05) is 5.56 Å². The fourth-order valence-electron chi connectivity index (χ4n) is 2.41. The van der Waals surface area contributed by atoms with Gasteiger partial charge >= 0.3 is 0 Å². The fraction of sp³-hybridized carbons (Fsp3) is 0.267. The van der Waals surface area contributed by atoms with Crippen molar-refractivity contribution in [3.8, 4) is 0 Å². The highest BCUT2D eigenvalue weighted by molar-refractivity contribution is 7.88. The first-order valence-corrected chi connectivity index (χ1v) is 8.51. The van der Waals surface area contributed by atoms with E-state index in [1.165, 1.54) is 28.9 Å². The highest BCUT2D eigenvalue weighted by Crippen LogP contribution is 2.23. The molecule has 4 heteroatoms. The molecular weight excluding hydrogens is 276 g/mol. The minimum atomic E-state index is -1.21. The molecule has 1 aliphatic carbocycles. The molecule has 0 spiro atoms. The van der Waals surface area contributed by atoms with Gasteiger partial charge in [0.15, 0.2) is 5.78 Å². The molecule has 2 aromatic rings. The van der Waals surface area contributed by atoms with Crippen LogP contribution in [0.1, 0.15) is 27.9 Å². The summed E-state index contributed by atoms with van der Waals surface area (Å²) in [5.41, 5.74) is 3.34. The van der Waals surface area contributed by atoms with Gasteiger partial charge in [0.25, 0.3) is 0 Å². The van der Waals surface area contributed by atoms with E-state index in [1.807, 2.05) is 35.7 Å². The molecule has 3 rings (SSSR count). The molecule has 19 heavy (non-hydrogen) atoms. The van der Waals surface area contributed by atoms with Gasteiger partial charge in [0.2, 0.25) is 0 Å². The molecule has 0 bridgehead atoms. The van der Waals surface area contributed by atoms with Gasteiger partial charge in [-0.1, -0.05) is 18.2 Å². The number of thiophene rings is 1. The predicted octanol–water partition coefficient (Wildman–Crippen LogP) is 3.23. The average Bonchev–Trinajstić information content (AvgIpc) is 3.09. The van der Waals surface area contributed by atoms with Crippen LogP contribution in [0.2, 0.25) is 0 Å². The van der Waals surface area contributed by atoms with Crippen molar-refractivity contribution in [2.45, 2.75) is 23.5 Å². The minimum absolute atomic E-state index is 0.0265. The zero-order valence-corrected chi connectivity index (χ0v) is 12.1. The van der Waals surface area contributed by atoms with E-state index in [-0.39, 0.29) is 11.5 Å². The van der Waals surface area contributed by atoms with Crippen LogP contribution in [0.5, 0.6) is 0 Å². The summed E-state index contributed by atoms with van der Waals surface area (Å²) in [5, 5.41) is 1.88. The van der Waals surface area contributed by atoms with E-state index >= 15 is 0 Å². The third-order valence-electron chi connectivity index (χ3n) is 3.40. The third-order valence-corrected chi connectivity index (χ3v) is 6.02. The zero-order valence-electron chi connectivity index (χ0n) is 10.4. The van der Waals surface area contributed by atoms with Gasteiger partial charge in [0.05, 0.1) is 20.8 Å². The molecule has 1 aromatic heterocycles. The van der Waals surface area contributed by atoms with E-state index in [2.05, 4.69) is 0 Å². The summed E-state index contributed by atoms with van der Waals surface area (Å²) in [6.07, 6.45) is 3.35. The highest BCUT2D eigenvalue weighted by atomic mass is 32.2. The fourth-order valence-corrected chi connectivity index (χ4v) is 4.41. The topological polar surface area (TPSA) is 34.1 Å². The smallest absolute Gasteiger partial charge is 0.175 e. The lowest BCUT2D eigenvalue weighted by molar-refractivity contribution is 0.102. The molecule has 0 amide bonds. The Hall–Kier alpha value is -1.26. The van der Waals surface area contributed by atoms with Crippen LogP contribution in [0, 0.1) is 0 Å². The van der Waals surface area contributed by atoms with Crippen LogP contribution in [0.3, 0.4) is 0 Å². The number of hydrogen-bond donors (Lipinski definition) is 0. The summed E-state index contributed by atoms with van der Waals surface area (Å²) in [4.78, 5) is 12.2. The summed E-state index contributed by atoms with van der Waals surface area (Å²) in [7, 11) is -1.21. The van der Waals surface area contributed by atoms with E-state index in [1.54, 1.807) is 0 Å². The van der Waals surface area contributed by atoms with Crippen LogP contribution in [0.15, 0.2) is 39.9 Å². The lowest BCUT2D eigenvalue weighted by atomic mass is 10.0. The number of ketones is 1. The Labute approximate surface area is 118 Å².